The molecule has 1 fully saturated rings. The van der Waals surface area contributed by atoms with Gasteiger partial charge in [0.15, 0.2) is 5.16 Å². The number of nitrogens with one attached hydrogen (secondary N) is 2. The highest BCUT2D eigenvalue weighted by molar-refractivity contribution is 7.99. The summed E-state index contributed by atoms with van der Waals surface area (Å²) in [6, 6.07) is 24.8. The van der Waals surface area contributed by atoms with Crippen molar-refractivity contribution in [1.29, 1.82) is 0 Å². The zero-order valence-electron chi connectivity index (χ0n) is 20.4. The van der Waals surface area contributed by atoms with Crippen LogP contribution in [0, 0.1) is 0 Å². The number of rotatable bonds is 10. The third kappa shape index (κ3) is 6.46. The molecule has 2 N–H and O–H groups in total. The van der Waals surface area contributed by atoms with E-state index in [9.17, 15) is 14.4 Å². The molecular formula is C29H28N4O3S. The summed E-state index contributed by atoms with van der Waals surface area (Å²) in [7, 11) is 0. The predicted molar refractivity (Wildman–Crippen MR) is 146 cm³/mol. The first-order valence-electron chi connectivity index (χ1n) is 12.4. The molecule has 1 aliphatic carbocycles. The van der Waals surface area contributed by atoms with E-state index in [0.29, 0.717) is 40.8 Å². The first kappa shape index (κ1) is 24.8. The van der Waals surface area contributed by atoms with Gasteiger partial charge in [-0.1, -0.05) is 66.4 Å². The van der Waals surface area contributed by atoms with E-state index in [-0.39, 0.29) is 23.1 Å². The molecule has 7 nitrogen and oxygen atoms in total. The highest BCUT2D eigenvalue weighted by atomic mass is 32.2. The van der Waals surface area contributed by atoms with E-state index in [1.165, 1.54) is 11.8 Å². The number of nitrogens with zero attached hydrogens (tertiary/aromatic N) is 2. The molecule has 0 aliphatic heterocycles. The van der Waals surface area contributed by atoms with Crippen molar-refractivity contribution in [3.63, 3.8) is 0 Å². The lowest BCUT2D eigenvalue weighted by Crippen LogP contribution is -2.28. The Morgan fingerprint density at radius 2 is 1.65 bits per heavy atom. The molecule has 2 amide bonds. The smallest absolute Gasteiger partial charge is 0.262 e. The van der Waals surface area contributed by atoms with E-state index in [2.05, 4.69) is 10.6 Å². The number of amides is 2. The molecule has 188 valence electrons. The Balaban J connectivity index is 1.29. The zero-order chi connectivity index (χ0) is 25.6. The number of para-hydroxylation sites is 1. The number of carbonyl (C=O) groups is 2. The molecule has 5 rings (SSSR count). The fourth-order valence-corrected chi connectivity index (χ4v) is 4.84. The third-order valence-electron chi connectivity index (χ3n) is 6.21. The van der Waals surface area contributed by atoms with Gasteiger partial charge in [0.2, 0.25) is 5.91 Å². The first-order chi connectivity index (χ1) is 18.1. The fraction of sp³-hybridized carbons (Fsp3) is 0.241. The van der Waals surface area contributed by atoms with Gasteiger partial charge in [0.05, 0.1) is 23.2 Å². The molecule has 1 saturated carbocycles. The van der Waals surface area contributed by atoms with Crippen LogP contribution in [0.25, 0.3) is 10.9 Å². The van der Waals surface area contributed by atoms with E-state index in [0.717, 1.165) is 30.4 Å². The largest absolute Gasteiger partial charge is 0.355 e. The molecule has 1 heterocycles. The summed E-state index contributed by atoms with van der Waals surface area (Å²) >= 11 is 1.25. The monoisotopic (exact) mass is 512 g/mol. The molecule has 0 bridgehead atoms. The molecule has 37 heavy (non-hydrogen) atoms. The highest BCUT2D eigenvalue weighted by Gasteiger charge is 2.23. The van der Waals surface area contributed by atoms with Gasteiger partial charge in [-0.15, -0.1) is 0 Å². The lowest BCUT2D eigenvalue weighted by Gasteiger charge is -2.14. The Morgan fingerprint density at radius 3 is 2.41 bits per heavy atom. The molecule has 1 aromatic heterocycles. The zero-order valence-corrected chi connectivity index (χ0v) is 21.2. The molecule has 0 saturated heterocycles. The van der Waals surface area contributed by atoms with Crippen LogP contribution in [0.1, 0.15) is 34.3 Å². The molecule has 0 atom stereocenters. The second kappa shape index (κ2) is 11.4. The van der Waals surface area contributed by atoms with Crippen LogP contribution in [-0.2, 0) is 17.8 Å². The molecular weight excluding hydrogens is 484 g/mol. The van der Waals surface area contributed by atoms with E-state index in [1.54, 1.807) is 28.8 Å². The van der Waals surface area contributed by atoms with E-state index >= 15 is 0 Å². The SMILES string of the molecule is O=C(CSc1nc2ccccc2c(=O)n1Cc1ccc(C(=O)NC2CC2)cc1)NCCc1ccccc1. The van der Waals surface area contributed by atoms with Crippen LogP contribution in [0.3, 0.4) is 0 Å². The van der Waals surface area contributed by atoms with Gasteiger partial charge in [0, 0.05) is 18.2 Å². The van der Waals surface area contributed by atoms with Gasteiger partial charge in [-0.25, -0.2) is 4.98 Å². The maximum absolute atomic E-state index is 13.4. The summed E-state index contributed by atoms with van der Waals surface area (Å²) < 4.78 is 1.60. The van der Waals surface area contributed by atoms with Gasteiger partial charge >= 0.3 is 0 Å². The number of hydrogen-bond acceptors (Lipinski definition) is 5. The second-order valence-electron chi connectivity index (χ2n) is 9.12. The first-order valence-corrected chi connectivity index (χ1v) is 13.4. The summed E-state index contributed by atoms with van der Waals surface area (Å²) in [5, 5.41) is 6.94. The fourth-order valence-electron chi connectivity index (χ4n) is 4.01. The molecule has 0 radical (unpaired) electrons. The average molecular weight is 513 g/mol. The minimum atomic E-state index is -0.159. The standard InChI is InChI=1S/C29H28N4O3S/c34-26(30-17-16-20-6-2-1-3-7-20)19-37-29-32-25-9-5-4-8-24(25)28(36)33(29)18-21-10-12-22(13-11-21)27(35)31-23-14-15-23/h1-13,23H,14-19H2,(H,30,34)(H,31,35). The summed E-state index contributed by atoms with van der Waals surface area (Å²) in [5.41, 5.74) is 3.07. The molecule has 1 aliphatic rings. The summed E-state index contributed by atoms with van der Waals surface area (Å²) in [6.45, 7) is 0.835. The van der Waals surface area contributed by atoms with Crippen molar-refractivity contribution >= 4 is 34.5 Å². The Labute approximate surface area is 219 Å². The topological polar surface area (TPSA) is 93.1 Å². The van der Waals surface area contributed by atoms with Crippen molar-refractivity contribution in [3.8, 4) is 0 Å². The Hall–Kier alpha value is -3.91. The van der Waals surface area contributed by atoms with Crippen molar-refractivity contribution in [1.82, 2.24) is 20.2 Å². The number of carbonyl (C=O) groups excluding carboxylic acids is 2. The molecule has 3 aromatic carbocycles. The summed E-state index contributed by atoms with van der Waals surface area (Å²) in [6.07, 6.45) is 2.82. The van der Waals surface area contributed by atoms with E-state index in [1.807, 2.05) is 54.6 Å². The lowest BCUT2D eigenvalue weighted by molar-refractivity contribution is -0.118. The van der Waals surface area contributed by atoms with Crippen molar-refractivity contribution in [3.05, 3.63) is 106 Å². The van der Waals surface area contributed by atoms with Crippen LogP contribution in [0.15, 0.2) is 88.8 Å². The van der Waals surface area contributed by atoms with Crippen LogP contribution in [0.2, 0.25) is 0 Å². The van der Waals surface area contributed by atoms with Gasteiger partial charge in [0.1, 0.15) is 0 Å². The van der Waals surface area contributed by atoms with Crippen molar-refractivity contribution < 1.29 is 9.59 Å². The van der Waals surface area contributed by atoms with Crippen LogP contribution < -0.4 is 16.2 Å². The minimum Gasteiger partial charge on any atom is -0.355 e. The number of thioether (sulfide) groups is 1. The highest BCUT2D eigenvalue weighted by Crippen LogP contribution is 2.21. The molecule has 4 aromatic rings. The summed E-state index contributed by atoms with van der Waals surface area (Å²) in [5.74, 6) is -0.0335. The van der Waals surface area contributed by atoms with Gasteiger partial charge in [-0.05, 0) is 54.7 Å². The number of aromatic nitrogens is 2. The maximum Gasteiger partial charge on any atom is 0.262 e. The Morgan fingerprint density at radius 1 is 0.919 bits per heavy atom. The van der Waals surface area contributed by atoms with Crippen LogP contribution >= 0.6 is 11.8 Å². The molecule has 0 unspecified atom stereocenters. The second-order valence-corrected chi connectivity index (χ2v) is 10.1. The third-order valence-corrected chi connectivity index (χ3v) is 7.18. The maximum atomic E-state index is 13.4. The summed E-state index contributed by atoms with van der Waals surface area (Å²) in [4.78, 5) is 42.9. The average Bonchev–Trinajstić information content (AvgIpc) is 3.74. The normalized spacial score (nSPS) is 12.9. The minimum absolute atomic E-state index is 0.0758. The van der Waals surface area contributed by atoms with E-state index < -0.39 is 0 Å². The van der Waals surface area contributed by atoms with Crippen LogP contribution in [0.4, 0.5) is 0 Å². The van der Waals surface area contributed by atoms with Crippen molar-refractivity contribution in [2.75, 3.05) is 12.3 Å². The van der Waals surface area contributed by atoms with Gasteiger partial charge in [-0.3, -0.25) is 19.0 Å². The van der Waals surface area contributed by atoms with Crippen LogP contribution in [0.5, 0.6) is 0 Å². The van der Waals surface area contributed by atoms with Gasteiger partial charge in [0.25, 0.3) is 11.5 Å². The van der Waals surface area contributed by atoms with Crippen molar-refractivity contribution in [2.24, 2.45) is 0 Å². The van der Waals surface area contributed by atoms with Gasteiger partial charge in [-0.2, -0.15) is 0 Å². The van der Waals surface area contributed by atoms with E-state index in [4.69, 9.17) is 4.98 Å². The number of fused-ring (bicyclic) bond motifs is 1. The van der Waals surface area contributed by atoms with Crippen molar-refractivity contribution in [2.45, 2.75) is 37.0 Å². The van der Waals surface area contributed by atoms with Gasteiger partial charge < -0.3 is 10.6 Å². The molecule has 8 heteroatoms. The Kier molecular flexibility index (Phi) is 7.65. The molecule has 0 spiro atoms. The predicted octanol–water partition coefficient (Wildman–Crippen LogP) is 3.79. The van der Waals surface area contributed by atoms with Crippen LogP contribution in [-0.4, -0.2) is 39.7 Å². The number of hydrogen-bond donors (Lipinski definition) is 2. The number of benzene rings is 3. The Bertz CT molecular complexity index is 1460. The quantitative estimate of drug-likeness (QED) is 0.249. The lowest BCUT2D eigenvalue weighted by atomic mass is 10.1.